The van der Waals surface area contributed by atoms with Crippen molar-refractivity contribution in [3.8, 4) is 22.8 Å². The van der Waals surface area contributed by atoms with Crippen molar-refractivity contribution >= 4 is 38.7 Å². The summed E-state index contributed by atoms with van der Waals surface area (Å²) in [5.74, 6) is 1.07. The highest BCUT2D eigenvalue weighted by atomic mass is 79.9. The van der Waals surface area contributed by atoms with E-state index in [9.17, 15) is 4.79 Å². The molecule has 1 unspecified atom stereocenters. The number of ether oxygens (including phenoxy) is 4. The van der Waals surface area contributed by atoms with Crippen LogP contribution in [0.15, 0.2) is 46.3 Å². The van der Waals surface area contributed by atoms with Crippen LogP contribution < -0.4 is 14.4 Å². The van der Waals surface area contributed by atoms with Gasteiger partial charge in [0, 0.05) is 36.8 Å². The van der Waals surface area contributed by atoms with Gasteiger partial charge in [-0.1, -0.05) is 12.1 Å². The number of carbonyl (C=O) groups is 1. The maximum Gasteiger partial charge on any atom is 0.224 e. The molecule has 1 atom stereocenters. The number of aromatic nitrogens is 1. The zero-order chi connectivity index (χ0) is 23.4. The number of anilines is 1. The first kappa shape index (κ1) is 23.7. The molecule has 1 fully saturated rings. The van der Waals surface area contributed by atoms with Crippen molar-refractivity contribution in [2.24, 2.45) is 0 Å². The summed E-state index contributed by atoms with van der Waals surface area (Å²) in [7, 11) is 4.72. The molecular weight excluding hydrogens is 508 g/mol. The van der Waals surface area contributed by atoms with E-state index in [1.54, 1.807) is 14.2 Å². The highest BCUT2D eigenvalue weighted by Crippen LogP contribution is 2.39. The predicted molar refractivity (Wildman–Crippen MR) is 132 cm³/mol. The van der Waals surface area contributed by atoms with E-state index in [4.69, 9.17) is 18.9 Å². The highest BCUT2D eigenvalue weighted by Gasteiger charge is 2.25. The Kier molecular flexibility index (Phi) is 7.64. The molecule has 1 saturated heterocycles. The van der Waals surface area contributed by atoms with E-state index in [1.165, 1.54) is 18.4 Å². The second-order valence-corrected chi connectivity index (χ2v) is 9.05. The minimum Gasteiger partial charge on any atom is -0.495 e. The van der Waals surface area contributed by atoms with E-state index >= 15 is 0 Å². The molecule has 0 radical (unpaired) electrons. The van der Waals surface area contributed by atoms with E-state index < -0.39 is 6.10 Å². The third kappa shape index (κ3) is 5.06. The lowest BCUT2D eigenvalue weighted by atomic mass is 10.0. The maximum absolute atomic E-state index is 13.2. The molecule has 0 spiro atoms. The molecule has 3 aromatic rings. The number of benzene rings is 2. The Balaban J connectivity index is 1.55. The Hall–Kier alpha value is -2.46. The van der Waals surface area contributed by atoms with Crippen molar-refractivity contribution in [3.05, 3.63) is 56.8 Å². The SMILES string of the molecule is COc1cc(-c2csc(C(=O)C(OC)c3ccc(N4CCOCC4)cc3)n2)cc(OC)c1Br. The van der Waals surface area contributed by atoms with Crippen LogP contribution in [-0.4, -0.2) is 58.4 Å². The Morgan fingerprint density at radius 1 is 1.09 bits per heavy atom. The van der Waals surface area contributed by atoms with Crippen LogP contribution in [0.4, 0.5) is 5.69 Å². The van der Waals surface area contributed by atoms with Gasteiger partial charge in [-0.25, -0.2) is 4.98 Å². The monoisotopic (exact) mass is 532 g/mol. The summed E-state index contributed by atoms with van der Waals surface area (Å²) in [6, 6.07) is 11.6. The molecule has 33 heavy (non-hydrogen) atoms. The summed E-state index contributed by atoms with van der Waals surface area (Å²) in [5.41, 5.74) is 3.37. The molecule has 2 heterocycles. The highest BCUT2D eigenvalue weighted by molar-refractivity contribution is 9.10. The van der Waals surface area contributed by atoms with Gasteiger partial charge < -0.3 is 23.8 Å². The fraction of sp³-hybridized carbons (Fsp3) is 0.333. The van der Waals surface area contributed by atoms with Crippen molar-refractivity contribution < 1.29 is 23.7 Å². The molecule has 4 rings (SSSR count). The van der Waals surface area contributed by atoms with Crippen LogP contribution in [0, 0.1) is 0 Å². The molecule has 0 aliphatic carbocycles. The van der Waals surface area contributed by atoms with Crippen LogP contribution in [0.5, 0.6) is 11.5 Å². The molecule has 9 heteroatoms. The lowest BCUT2D eigenvalue weighted by molar-refractivity contribution is 0.0604. The second kappa shape index (κ2) is 10.6. The number of rotatable bonds is 8. The average Bonchev–Trinajstić information content (AvgIpc) is 3.36. The van der Waals surface area contributed by atoms with Crippen LogP contribution in [-0.2, 0) is 9.47 Å². The number of morpholine rings is 1. The largest absolute Gasteiger partial charge is 0.495 e. The Bertz CT molecular complexity index is 1090. The van der Waals surface area contributed by atoms with Crippen molar-refractivity contribution in [1.82, 2.24) is 4.98 Å². The summed E-state index contributed by atoms with van der Waals surface area (Å²) in [4.78, 5) is 20.1. The third-order valence-corrected chi connectivity index (χ3v) is 7.14. The van der Waals surface area contributed by atoms with E-state index in [2.05, 4.69) is 25.8 Å². The number of nitrogens with zero attached hydrogens (tertiary/aromatic N) is 2. The van der Waals surface area contributed by atoms with Crippen molar-refractivity contribution in [3.63, 3.8) is 0 Å². The third-order valence-electron chi connectivity index (χ3n) is 5.50. The van der Waals surface area contributed by atoms with Gasteiger partial charge >= 0.3 is 0 Å². The van der Waals surface area contributed by atoms with Gasteiger partial charge in [0.2, 0.25) is 5.78 Å². The summed E-state index contributed by atoms with van der Waals surface area (Å²) in [6.45, 7) is 3.17. The van der Waals surface area contributed by atoms with Gasteiger partial charge in [0.05, 0.1) is 33.1 Å². The molecule has 1 aliphatic heterocycles. The molecule has 0 saturated carbocycles. The number of hydrogen-bond donors (Lipinski definition) is 0. The zero-order valence-electron chi connectivity index (χ0n) is 18.7. The molecule has 7 nitrogen and oxygen atoms in total. The lowest BCUT2D eigenvalue weighted by Crippen LogP contribution is -2.36. The number of thiazole rings is 1. The summed E-state index contributed by atoms with van der Waals surface area (Å²) in [6.07, 6.45) is -0.725. The van der Waals surface area contributed by atoms with Crippen LogP contribution in [0.25, 0.3) is 11.3 Å². The maximum atomic E-state index is 13.2. The fourth-order valence-electron chi connectivity index (χ4n) is 3.72. The number of carbonyl (C=O) groups excluding carboxylic acids is 1. The van der Waals surface area contributed by atoms with Crippen molar-refractivity contribution in [2.45, 2.75) is 6.10 Å². The van der Waals surface area contributed by atoms with E-state index in [1.807, 2.05) is 41.8 Å². The molecule has 0 amide bonds. The van der Waals surface area contributed by atoms with Crippen molar-refractivity contribution in [1.29, 1.82) is 0 Å². The van der Waals surface area contributed by atoms with Gasteiger partial charge in [0.1, 0.15) is 22.1 Å². The first-order valence-corrected chi connectivity index (χ1v) is 12.1. The fourth-order valence-corrected chi connectivity index (χ4v) is 5.06. The van der Waals surface area contributed by atoms with E-state index in [-0.39, 0.29) is 5.78 Å². The number of halogens is 1. The molecule has 174 valence electrons. The number of hydrogen-bond acceptors (Lipinski definition) is 8. The van der Waals surface area contributed by atoms with Crippen LogP contribution in [0.2, 0.25) is 0 Å². The molecular formula is C24H25BrN2O5S. The Labute approximate surface area is 205 Å². The molecule has 1 aromatic heterocycles. The number of ketones is 1. The average molecular weight is 533 g/mol. The molecule has 0 bridgehead atoms. The van der Waals surface area contributed by atoms with Gasteiger partial charge in [0.15, 0.2) is 5.01 Å². The van der Waals surface area contributed by atoms with Crippen LogP contribution in [0.1, 0.15) is 21.5 Å². The quantitative estimate of drug-likeness (QED) is 0.378. The second-order valence-electron chi connectivity index (χ2n) is 7.40. The number of Topliss-reactive ketones (excluding diaryl/α,β-unsaturated/α-hetero) is 1. The molecule has 2 aromatic carbocycles. The van der Waals surface area contributed by atoms with Crippen molar-refractivity contribution in [2.75, 3.05) is 52.5 Å². The first-order valence-electron chi connectivity index (χ1n) is 10.4. The summed E-state index contributed by atoms with van der Waals surface area (Å²) in [5, 5.41) is 2.24. The lowest BCUT2D eigenvalue weighted by Gasteiger charge is -2.29. The molecule has 0 N–H and O–H groups in total. The summed E-state index contributed by atoms with van der Waals surface area (Å²) >= 11 is 4.77. The Morgan fingerprint density at radius 3 is 2.30 bits per heavy atom. The smallest absolute Gasteiger partial charge is 0.224 e. The van der Waals surface area contributed by atoms with Gasteiger partial charge in [-0.15, -0.1) is 11.3 Å². The summed E-state index contributed by atoms with van der Waals surface area (Å²) < 4.78 is 22.6. The normalized spacial score (nSPS) is 14.7. The molecule has 1 aliphatic rings. The van der Waals surface area contributed by atoms with Gasteiger partial charge in [-0.3, -0.25) is 4.79 Å². The first-order chi connectivity index (χ1) is 16.0. The van der Waals surface area contributed by atoms with Gasteiger partial charge in [0.25, 0.3) is 0 Å². The predicted octanol–water partition coefficient (Wildman–Crippen LogP) is 5.00. The van der Waals surface area contributed by atoms with Gasteiger partial charge in [-0.05, 0) is 45.8 Å². The minimum atomic E-state index is -0.725. The van der Waals surface area contributed by atoms with Crippen LogP contribution in [0.3, 0.4) is 0 Å². The minimum absolute atomic E-state index is 0.177. The Morgan fingerprint density at radius 2 is 1.73 bits per heavy atom. The van der Waals surface area contributed by atoms with E-state index in [0.29, 0.717) is 22.2 Å². The topological polar surface area (TPSA) is 70.1 Å². The van der Waals surface area contributed by atoms with Crippen LogP contribution >= 0.6 is 27.3 Å². The van der Waals surface area contributed by atoms with Gasteiger partial charge in [-0.2, -0.15) is 0 Å². The zero-order valence-corrected chi connectivity index (χ0v) is 21.1. The standard InChI is InChI=1S/C24H25BrN2O5S/c1-29-19-12-16(13-20(30-2)21(19)25)18-14-33-24(26-18)22(28)23(31-3)15-4-6-17(7-5-15)27-8-10-32-11-9-27/h4-7,12-14,23H,8-11H2,1-3H3. The van der Waals surface area contributed by atoms with E-state index in [0.717, 1.165) is 47.6 Å². The number of methoxy groups -OCH3 is 3.